The predicted molar refractivity (Wildman–Crippen MR) is 51.3 cm³/mol. The van der Waals surface area contributed by atoms with Gasteiger partial charge in [-0.1, -0.05) is 6.92 Å². The van der Waals surface area contributed by atoms with E-state index < -0.39 is 0 Å². The molecule has 1 heterocycles. The van der Waals surface area contributed by atoms with Gasteiger partial charge in [0.25, 0.3) is 0 Å². The molecule has 2 heteroatoms. The van der Waals surface area contributed by atoms with E-state index in [1.807, 2.05) is 0 Å². The molecule has 0 aromatic rings. The molecule has 0 bridgehead atoms. The molecule has 1 fully saturated rings. The molecule has 72 valence electrons. The number of hydrogen-bond acceptors (Lipinski definition) is 2. The van der Waals surface area contributed by atoms with Crippen LogP contribution < -0.4 is 5.32 Å². The Morgan fingerprint density at radius 1 is 1.58 bits per heavy atom. The van der Waals surface area contributed by atoms with Crippen LogP contribution in [0.5, 0.6) is 0 Å². The van der Waals surface area contributed by atoms with Gasteiger partial charge in [-0.3, -0.25) is 0 Å². The van der Waals surface area contributed by atoms with Crippen LogP contribution in [0, 0.1) is 5.92 Å². The SMILES string of the molecule is CCC1NC(C)CC1C(C)OC. The third kappa shape index (κ3) is 1.99. The van der Waals surface area contributed by atoms with Gasteiger partial charge in [-0.2, -0.15) is 0 Å². The van der Waals surface area contributed by atoms with E-state index in [1.54, 1.807) is 7.11 Å². The zero-order valence-electron chi connectivity index (χ0n) is 8.63. The smallest absolute Gasteiger partial charge is 0.0586 e. The van der Waals surface area contributed by atoms with Gasteiger partial charge in [0.2, 0.25) is 0 Å². The van der Waals surface area contributed by atoms with Crippen molar-refractivity contribution >= 4 is 0 Å². The fourth-order valence-electron chi connectivity index (χ4n) is 2.24. The van der Waals surface area contributed by atoms with Gasteiger partial charge in [0.15, 0.2) is 0 Å². The number of hydrogen-bond donors (Lipinski definition) is 1. The molecule has 0 aromatic heterocycles. The zero-order valence-corrected chi connectivity index (χ0v) is 8.63. The Balaban J connectivity index is 2.51. The van der Waals surface area contributed by atoms with Crippen molar-refractivity contribution in [2.24, 2.45) is 5.92 Å². The van der Waals surface area contributed by atoms with E-state index in [-0.39, 0.29) is 0 Å². The molecule has 4 unspecified atom stereocenters. The maximum Gasteiger partial charge on any atom is 0.0586 e. The van der Waals surface area contributed by atoms with Crippen LogP contribution in [0.1, 0.15) is 33.6 Å². The summed E-state index contributed by atoms with van der Waals surface area (Å²) in [5.74, 6) is 0.704. The van der Waals surface area contributed by atoms with E-state index in [0.29, 0.717) is 24.1 Å². The average molecular weight is 171 g/mol. The first-order chi connectivity index (χ1) is 5.69. The summed E-state index contributed by atoms with van der Waals surface area (Å²) in [5.41, 5.74) is 0. The highest BCUT2D eigenvalue weighted by molar-refractivity contribution is 4.90. The van der Waals surface area contributed by atoms with E-state index in [4.69, 9.17) is 4.74 Å². The van der Waals surface area contributed by atoms with Gasteiger partial charge < -0.3 is 10.1 Å². The summed E-state index contributed by atoms with van der Waals surface area (Å²) in [4.78, 5) is 0. The minimum absolute atomic E-state index is 0.396. The largest absolute Gasteiger partial charge is 0.381 e. The van der Waals surface area contributed by atoms with Crippen LogP contribution in [-0.2, 0) is 4.74 Å². The maximum absolute atomic E-state index is 5.37. The van der Waals surface area contributed by atoms with Crippen molar-refractivity contribution in [1.29, 1.82) is 0 Å². The van der Waals surface area contributed by atoms with Crippen molar-refractivity contribution in [1.82, 2.24) is 5.32 Å². The van der Waals surface area contributed by atoms with Gasteiger partial charge in [0.05, 0.1) is 6.10 Å². The summed E-state index contributed by atoms with van der Waals surface area (Å²) in [6, 6.07) is 1.33. The fraction of sp³-hybridized carbons (Fsp3) is 1.00. The highest BCUT2D eigenvalue weighted by Gasteiger charge is 2.33. The second kappa shape index (κ2) is 4.24. The summed E-state index contributed by atoms with van der Waals surface area (Å²) < 4.78 is 5.37. The minimum atomic E-state index is 0.396. The van der Waals surface area contributed by atoms with Crippen molar-refractivity contribution in [2.75, 3.05) is 7.11 Å². The lowest BCUT2D eigenvalue weighted by Gasteiger charge is -2.23. The number of ether oxygens (including phenoxy) is 1. The van der Waals surface area contributed by atoms with Gasteiger partial charge in [0.1, 0.15) is 0 Å². The highest BCUT2D eigenvalue weighted by atomic mass is 16.5. The van der Waals surface area contributed by atoms with Gasteiger partial charge in [0, 0.05) is 25.1 Å². The first-order valence-electron chi connectivity index (χ1n) is 4.97. The van der Waals surface area contributed by atoms with Crippen molar-refractivity contribution in [3.63, 3.8) is 0 Å². The Morgan fingerprint density at radius 2 is 2.25 bits per heavy atom. The first kappa shape index (κ1) is 10.0. The minimum Gasteiger partial charge on any atom is -0.381 e. The molecule has 0 saturated carbocycles. The van der Waals surface area contributed by atoms with Gasteiger partial charge in [-0.15, -0.1) is 0 Å². The second-order valence-electron chi connectivity index (χ2n) is 3.92. The lowest BCUT2D eigenvalue weighted by atomic mass is 9.92. The highest BCUT2D eigenvalue weighted by Crippen LogP contribution is 2.26. The van der Waals surface area contributed by atoms with Crippen molar-refractivity contribution < 1.29 is 4.74 Å². The van der Waals surface area contributed by atoms with E-state index in [1.165, 1.54) is 12.8 Å². The Morgan fingerprint density at radius 3 is 2.75 bits per heavy atom. The zero-order chi connectivity index (χ0) is 9.14. The lowest BCUT2D eigenvalue weighted by molar-refractivity contribution is 0.0606. The van der Waals surface area contributed by atoms with Crippen LogP contribution in [0.4, 0.5) is 0 Å². The Kier molecular flexibility index (Phi) is 3.53. The van der Waals surface area contributed by atoms with E-state index in [9.17, 15) is 0 Å². The van der Waals surface area contributed by atoms with Crippen LogP contribution in [0.3, 0.4) is 0 Å². The molecule has 0 amide bonds. The number of rotatable bonds is 3. The van der Waals surface area contributed by atoms with Crippen LogP contribution in [-0.4, -0.2) is 25.3 Å². The molecule has 1 saturated heterocycles. The van der Waals surface area contributed by atoms with Gasteiger partial charge in [-0.25, -0.2) is 0 Å². The van der Waals surface area contributed by atoms with E-state index in [2.05, 4.69) is 26.1 Å². The number of nitrogens with one attached hydrogen (secondary N) is 1. The number of methoxy groups -OCH3 is 1. The van der Waals surface area contributed by atoms with E-state index in [0.717, 1.165) is 0 Å². The first-order valence-corrected chi connectivity index (χ1v) is 4.97. The monoisotopic (exact) mass is 171 g/mol. The summed E-state index contributed by atoms with van der Waals surface area (Å²) >= 11 is 0. The second-order valence-corrected chi connectivity index (χ2v) is 3.92. The van der Waals surface area contributed by atoms with Crippen LogP contribution >= 0.6 is 0 Å². The predicted octanol–water partition coefficient (Wildman–Crippen LogP) is 1.80. The summed E-state index contributed by atoms with van der Waals surface area (Å²) in [6.45, 7) is 6.67. The van der Waals surface area contributed by atoms with Crippen LogP contribution in [0.25, 0.3) is 0 Å². The fourth-order valence-corrected chi connectivity index (χ4v) is 2.24. The molecule has 0 spiro atoms. The van der Waals surface area contributed by atoms with Crippen molar-refractivity contribution in [2.45, 2.75) is 51.8 Å². The molecule has 1 aliphatic heterocycles. The maximum atomic E-state index is 5.37. The molecule has 1 aliphatic rings. The molecule has 0 aliphatic carbocycles. The molecule has 0 radical (unpaired) electrons. The Labute approximate surface area is 75.7 Å². The standard InChI is InChI=1S/C10H21NO/c1-5-10-9(8(3)12-4)6-7(2)11-10/h7-11H,5-6H2,1-4H3. The van der Waals surface area contributed by atoms with Crippen molar-refractivity contribution in [3.05, 3.63) is 0 Å². The third-order valence-electron chi connectivity index (χ3n) is 3.06. The molecule has 2 nitrogen and oxygen atoms in total. The van der Waals surface area contributed by atoms with Gasteiger partial charge in [-0.05, 0) is 26.7 Å². The van der Waals surface area contributed by atoms with Crippen LogP contribution in [0.15, 0.2) is 0 Å². The molecular weight excluding hydrogens is 150 g/mol. The molecule has 1 N–H and O–H groups in total. The molecular formula is C10H21NO. The summed E-state index contributed by atoms with van der Waals surface area (Å²) in [6.07, 6.45) is 2.86. The average Bonchev–Trinajstić information content (AvgIpc) is 2.45. The molecule has 12 heavy (non-hydrogen) atoms. The topological polar surface area (TPSA) is 21.3 Å². The normalized spacial score (nSPS) is 38.5. The Hall–Kier alpha value is -0.0800. The summed E-state index contributed by atoms with van der Waals surface area (Å²) in [5, 5.41) is 3.59. The van der Waals surface area contributed by atoms with Crippen molar-refractivity contribution in [3.8, 4) is 0 Å². The third-order valence-corrected chi connectivity index (χ3v) is 3.06. The van der Waals surface area contributed by atoms with E-state index >= 15 is 0 Å². The quantitative estimate of drug-likeness (QED) is 0.699. The summed E-state index contributed by atoms with van der Waals surface area (Å²) in [7, 11) is 1.81. The molecule has 0 aromatic carbocycles. The molecule has 4 atom stereocenters. The van der Waals surface area contributed by atoms with Crippen LogP contribution in [0.2, 0.25) is 0 Å². The Bertz CT molecular complexity index is 138. The molecule has 1 rings (SSSR count). The van der Waals surface area contributed by atoms with Gasteiger partial charge >= 0.3 is 0 Å². The lowest BCUT2D eigenvalue weighted by Crippen LogP contribution is -2.33.